The molecule has 0 amide bonds. The highest BCUT2D eigenvalue weighted by Crippen LogP contribution is 2.31. The Kier molecular flexibility index (Phi) is 6.59. The molecule has 1 N–H and O–H groups in total. The van der Waals surface area contributed by atoms with Crippen LogP contribution >= 0.6 is 11.8 Å². The van der Waals surface area contributed by atoms with Crippen LogP contribution in [-0.4, -0.2) is 52.3 Å². The average molecular weight is 285 g/mol. The predicted octanol–water partition coefficient (Wildman–Crippen LogP) is 1.33. The molecule has 1 aliphatic rings. The Morgan fingerprint density at radius 3 is 2.95 bits per heavy atom. The molecule has 6 nitrogen and oxygen atoms in total. The standard InChI is InChI=1S/C12H23N5OS/c1-18-10-8-13-7-9-17-12(14-15-16-17)19-11-5-3-2-4-6-11/h11,13H,2-10H2,1H3. The summed E-state index contributed by atoms with van der Waals surface area (Å²) >= 11 is 1.84. The van der Waals surface area contributed by atoms with Gasteiger partial charge in [0.2, 0.25) is 5.16 Å². The number of hydrogen-bond acceptors (Lipinski definition) is 6. The van der Waals surface area contributed by atoms with E-state index in [1.54, 1.807) is 7.11 Å². The lowest BCUT2D eigenvalue weighted by Crippen LogP contribution is -2.24. The smallest absolute Gasteiger partial charge is 0.209 e. The van der Waals surface area contributed by atoms with Gasteiger partial charge in [-0.1, -0.05) is 31.0 Å². The van der Waals surface area contributed by atoms with Crippen LogP contribution in [0.2, 0.25) is 0 Å². The van der Waals surface area contributed by atoms with Gasteiger partial charge in [0.05, 0.1) is 13.2 Å². The van der Waals surface area contributed by atoms with Crippen molar-refractivity contribution in [3.05, 3.63) is 0 Å². The van der Waals surface area contributed by atoms with Crippen molar-refractivity contribution in [2.24, 2.45) is 0 Å². The molecule has 0 atom stereocenters. The number of ether oxygens (including phenoxy) is 1. The van der Waals surface area contributed by atoms with Crippen molar-refractivity contribution in [3.63, 3.8) is 0 Å². The molecule has 2 rings (SSSR count). The molecule has 1 fully saturated rings. The lowest BCUT2D eigenvalue weighted by Gasteiger charge is -2.20. The van der Waals surface area contributed by atoms with Gasteiger partial charge in [0.15, 0.2) is 0 Å². The van der Waals surface area contributed by atoms with Gasteiger partial charge in [-0.15, -0.1) is 5.10 Å². The van der Waals surface area contributed by atoms with Crippen LogP contribution in [0.25, 0.3) is 0 Å². The summed E-state index contributed by atoms with van der Waals surface area (Å²) in [5.41, 5.74) is 0. The van der Waals surface area contributed by atoms with Crippen molar-refractivity contribution in [2.45, 2.75) is 49.1 Å². The summed E-state index contributed by atoms with van der Waals surface area (Å²) in [7, 11) is 1.71. The monoisotopic (exact) mass is 285 g/mol. The highest BCUT2D eigenvalue weighted by molar-refractivity contribution is 7.99. The van der Waals surface area contributed by atoms with Gasteiger partial charge in [0.25, 0.3) is 0 Å². The number of methoxy groups -OCH3 is 1. The Morgan fingerprint density at radius 2 is 2.16 bits per heavy atom. The minimum atomic E-state index is 0.694. The third-order valence-electron chi connectivity index (χ3n) is 3.31. The molecule has 0 aromatic carbocycles. The zero-order valence-electron chi connectivity index (χ0n) is 11.5. The van der Waals surface area contributed by atoms with Crippen molar-refractivity contribution in [3.8, 4) is 0 Å². The molecule has 0 saturated heterocycles. The second kappa shape index (κ2) is 8.50. The average Bonchev–Trinajstić information content (AvgIpc) is 2.87. The summed E-state index contributed by atoms with van der Waals surface area (Å²) in [5.74, 6) is 0. The highest BCUT2D eigenvalue weighted by atomic mass is 32.2. The van der Waals surface area contributed by atoms with E-state index in [-0.39, 0.29) is 0 Å². The lowest BCUT2D eigenvalue weighted by molar-refractivity contribution is 0.199. The van der Waals surface area contributed by atoms with Crippen LogP contribution in [0.3, 0.4) is 0 Å². The molecule has 1 aromatic heterocycles. The fourth-order valence-electron chi connectivity index (χ4n) is 2.24. The number of nitrogens with one attached hydrogen (secondary N) is 1. The number of tetrazole rings is 1. The molecule has 0 aliphatic heterocycles. The van der Waals surface area contributed by atoms with Crippen LogP contribution in [0.15, 0.2) is 5.16 Å². The topological polar surface area (TPSA) is 64.9 Å². The van der Waals surface area contributed by atoms with E-state index in [2.05, 4.69) is 20.8 Å². The summed E-state index contributed by atoms with van der Waals surface area (Å²) < 4.78 is 6.89. The van der Waals surface area contributed by atoms with Gasteiger partial charge in [-0.3, -0.25) is 0 Å². The van der Waals surface area contributed by atoms with E-state index in [0.29, 0.717) is 5.25 Å². The van der Waals surface area contributed by atoms with Gasteiger partial charge in [0, 0.05) is 25.4 Å². The van der Waals surface area contributed by atoms with Crippen LogP contribution < -0.4 is 5.32 Å². The van der Waals surface area contributed by atoms with Gasteiger partial charge in [-0.25, -0.2) is 4.68 Å². The van der Waals surface area contributed by atoms with E-state index >= 15 is 0 Å². The molecule has 0 radical (unpaired) electrons. The zero-order chi connectivity index (χ0) is 13.3. The first-order chi connectivity index (χ1) is 9.40. The Labute approximate surface area is 118 Å². The lowest BCUT2D eigenvalue weighted by atomic mass is 10.0. The third-order valence-corrected chi connectivity index (χ3v) is 4.61. The van der Waals surface area contributed by atoms with Gasteiger partial charge >= 0.3 is 0 Å². The maximum atomic E-state index is 4.99. The molecule has 1 aromatic rings. The van der Waals surface area contributed by atoms with E-state index in [9.17, 15) is 0 Å². The molecule has 0 bridgehead atoms. The number of hydrogen-bond donors (Lipinski definition) is 1. The summed E-state index contributed by atoms with van der Waals surface area (Å²) in [6, 6.07) is 0. The maximum absolute atomic E-state index is 4.99. The Balaban J connectivity index is 1.73. The first-order valence-electron chi connectivity index (χ1n) is 7.02. The van der Waals surface area contributed by atoms with Crippen molar-refractivity contribution in [2.75, 3.05) is 26.8 Å². The molecular weight excluding hydrogens is 262 g/mol. The minimum Gasteiger partial charge on any atom is -0.383 e. The number of rotatable bonds is 8. The first-order valence-corrected chi connectivity index (χ1v) is 7.90. The Bertz CT molecular complexity index is 354. The molecule has 19 heavy (non-hydrogen) atoms. The number of nitrogens with zero attached hydrogens (tertiary/aromatic N) is 4. The molecule has 0 unspecified atom stereocenters. The van der Waals surface area contributed by atoms with Gasteiger partial charge in [-0.05, 0) is 23.3 Å². The van der Waals surface area contributed by atoms with Crippen LogP contribution in [0.5, 0.6) is 0 Å². The van der Waals surface area contributed by atoms with Gasteiger partial charge < -0.3 is 10.1 Å². The maximum Gasteiger partial charge on any atom is 0.209 e. The first kappa shape index (κ1) is 14.7. The predicted molar refractivity (Wildman–Crippen MR) is 75.3 cm³/mol. The fourth-order valence-corrected chi connectivity index (χ4v) is 3.44. The van der Waals surface area contributed by atoms with Gasteiger partial charge in [-0.2, -0.15) is 0 Å². The van der Waals surface area contributed by atoms with Crippen LogP contribution in [0.1, 0.15) is 32.1 Å². The normalized spacial score (nSPS) is 16.9. The molecule has 1 saturated carbocycles. The third kappa shape index (κ3) is 5.08. The van der Waals surface area contributed by atoms with Gasteiger partial charge in [0.1, 0.15) is 0 Å². The van der Waals surface area contributed by atoms with Crippen molar-refractivity contribution < 1.29 is 4.74 Å². The second-order valence-electron chi connectivity index (χ2n) is 4.81. The molecule has 0 spiro atoms. The van der Waals surface area contributed by atoms with Crippen LogP contribution in [0, 0.1) is 0 Å². The summed E-state index contributed by atoms with van der Waals surface area (Å²) in [4.78, 5) is 0. The van der Waals surface area contributed by atoms with Crippen molar-refractivity contribution in [1.82, 2.24) is 25.5 Å². The van der Waals surface area contributed by atoms with Crippen molar-refractivity contribution >= 4 is 11.8 Å². The Hall–Kier alpha value is -0.660. The van der Waals surface area contributed by atoms with E-state index in [1.165, 1.54) is 32.1 Å². The molecule has 7 heteroatoms. The van der Waals surface area contributed by atoms with E-state index in [1.807, 2.05) is 16.4 Å². The van der Waals surface area contributed by atoms with E-state index in [0.717, 1.165) is 31.4 Å². The van der Waals surface area contributed by atoms with Crippen LogP contribution in [0.4, 0.5) is 0 Å². The quantitative estimate of drug-likeness (QED) is 0.727. The van der Waals surface area contributed by atoms with E-state index < -0.39 is 0 Å². The molecular formula is C12H23N5OS. The summed E-state index contributed by atoms with van der Waals surface area (Å²) in [5, 5.41) is 17.0. The molecule has 1 aliphatic carbocycles. The summed E-state index contributed by atoms with van der Waals surface area (Å²) in [6.45, 7) is 3.28. The number of thioether (sulfide) groups is 1. The minimum absolute atomic E-state index is 0.694. The Morgan fingerprint density at radius 1 is 1.32 bits per heavy atom. The summed E-state index contributed by atoms with van der Waals surface area (Å²) in [6.07, 6.45) is 6.66. The second-order valence-corrected chi connectivity index (χ2v) is 6.07. The molecule has 1 heterocycles. The number of aromatic nitrogens is 4. The van der Waals surface area contributed by atoms with Crippen LogP contribution in [-0.2, 0) is 11.3 Å². The molecule has 108 valence electrons. The zero-order valence-corrected chi connectivity index (χ0v) is 12.4. The van der Waals surface area contributed by atoms with E-state index in [4.69, 9.17) is 4.74 Å². The highest BCUT2D eigenvalue weighted by Gasteiger charge is 2.18. The fraction of sp³-hybridized carbons (Fsp3) is 0.917. The largest absolute Gasteiger partial charge is 0.383 e. The SMILES string of the molecule is COCCNCCn1nnnc1SC1CCCCC1. The van der Waals surface area contributed by atoms with Crippen molar-refractivity contribution in [1.29, 1.82) is 0 Å².